The van der Waals surface area contributed by atoms with E-state index in [2.05, 4.69) is 20.6 Å². The number of alkyl carbamates (subject to hydrolysis) is 2. The number of benzene rings is 4. The summed E-state index contributed by atoms with van der Waals surface area (Å²) in [7, 11) is 3.82. The zero-order chi connectivity index (χ0) is 44.7. The predicted molar refractivity (Wildman–Crippen MR) is 235 cm³/mol. The van der Waals surface area contributed by atoms with Crippen LogP contribution < -0.4 is 10.6 Å². The molecule has 0 saturated carbocycles. The molecule has 2 aliphatic heterocycles. The summed E-state index contributed by atoms with van der Waals surface area (Å²) in [5.41, 5.74) is 6.09. The molecule has 16 nitrogen and oxygen atoms in total. The second-order valence-corrected chi connectivity index (χ2v) is 15.5. The number of carbonyl (C=O) groups is 5. The molecule has 4 heterocycles. The summed E-state index contributed by atoms with van der Waals surface area (Å²) in [5.74, 6) is -0.0574. The van der Waals surface area contributed by atoms with E-state index in [0.717, 1.165) is 35.2 Å². The van der Waals surface area contributed by atoms with Gasteiger partial charge in [0.2, 0.25) is 0 Å². The normalized spacial score (nSPS) is 16.7. The largest absolute Gasteiger partial charge is 0.464 e. The molecule has 16 heteroatoms. The third kappa shape index (κ3) is 8.93. The number of hydrogen-bond acceptors (Lipinski definition) is 10. The zero-order valence-electron chi connectivity index (χ0n) is 35.6. The summed E-state index contributed by atoms with van der Waals surface area (Å²) in [4.78, 5) is 85.3. The van der Waals surface area contributed by atoms with E-state index in [1.165, 1.54) is 21.3 Å². The topological polar surface area (TPSA) is 201 Å². The van der Waals surface area contributed by atoms with Gasteiger partial charge < -0.3 is 44.6 Å². The molecule has 1 unspecified atom stereocenters. The van der Waals surface area contributed by atoms with Crippen molar-refractivity contribution in [3.05, 3.63) is 144 Å². The number of rotatable bonds is 12. The Kier molecular flexibility index (Phi) is 12.8. The van der Waals surface area contributed by atoms with E-state index in [9.17, 15) is 24.0 Å². The van der Waals surface area contributed by atoms with Gasteiger partial charge in [-0.05, 0) is 53.5 Å². The highest BCUT2D eigenvalue weighted by Crippen LogP contribution is 2.37. The molecule has 2 saturated heterocycles. The first-order valence-corrected chi connectivity index (χ1v) is 21.0. The maximum Gasteiger partial charge on any atom is 0.407 e. The van der Waals surface area contributed by atoms with Gasteiger partial charge in [-0.25, -0.2) is 24.4 Å². The highest BCUT2D eigenvalue weighted by molar-refractivity contribution is 5.95. The average Bonchev–Trinajstić information content (AvgIpc) is 4.20. The molecular weight excluding hydrogens is 817 g/mol. The molecule has 328 valence electrons. The molecule has 2 fully saturated rings. The van der Waals surface area contributed by atoms with Gasteiger partial charge in [-0.2, -0.15) is 0 Å². The average molecular weight is 865 g/mol. The molecule has 4 aromatic carbocycles. The van der Waals surface area contributed by atoms with Gasteiger partial charge in [0.25, 0.3) is 11.8 Å². The summed E-state index contributed by atoms with van der Waals surface area (Å²) in [6, 6.07) is 31.1. The van der Waals surface area contributed by atoms with Gasteiger partial charge in [0.15, 0.2) is 5.69 Å². The minimum Gasteiger partial charge on any atom is -0.464 e. The number of esters is 1. The van der Waals surface area contributed by atoms with Crippen molar-refractivity contribution < 1.29 is 38.2 Å². The molecule has 6 aromatic rings. The first-order chi connectivity index (χ1) is 31.2. The van der Waals surface area contributed by atoms with E-state index >= 15 is 0 Å². The molecule has 64 heavy (non-hydrogen) atoms. The maximum atomic E-state index is 14.1. The number of methoxy groups -OCH3 is 3. The van der Waals surface area contributed by atoms with Gasteiger partial charge >= 0.3 is 18.2 Å². The van der Waals surface area contributed by atoms with Gasteiger partial charge in [-0.3, -0.25) is 9.59 Å². The van der Waals surface area contributed by atoms with E-state index in [4.69, 9.17) is 24.2 Å². The number of aromatic amines is 2. The quantitative estimate of drug-likeness (QED) is 0.0708. The summed E-state index contributed by atoms with van der Waals surface area (Å²) in [6.45, 7) is 0.958. The Morgan fingerprint density at radius 2 is 1.06 bits per heavy atom. The number of likely N-dealkylation sites (tertiary alicyclic amines) is 2. The van der Waals surface area contributed by atoms with E-state index in [1.54, 1.807) is 52.4 Å². The van der Waals surface area contributed by atoms with Crippen LogP contribution in [-0.4, -0.2) is 94.1 Å². The fraction of sp³-hybridized carbons (Fsp3) is 0.271. The number of aromatic nitrogens is 4. The molecule has 4 atom stereocenters. The molecule has 0 bridgehead atoms. The highest BCUT2D eigenvalue weighted by atomic mass is 16.5. The molecule has 4 amide bonds. The zero-order valence-corrected chi connectivity index (χ0v) is 35.6. The molecule has 0 spiro atoms. The fourth-order valence-electron chi connectivity index (χ4n) is 8.50. The van der Waals surface area contributed by atoms with Crippen LogP contribution in [0.3, 0.4) is 0 Å². The monoisotopic (exact) mass is 864 g/mol. The van der Waals surface area contributed by atoms with Crippen molar-refractivity contribution in [3.8, 4) is 33.6 Å². The molecule has 8 rings (SSSR count). The number of amides is 4. The molecule has 2 aromatic heterocycles. The lowest BCUT2D eigenvalue weighted by Gasteiger charge is -2.28. The van der Waals surface area contributed by atoms with E-state index in [0.29, 0.717) is 60.0 Å². The van der Waals surface area contributed by atoms with E-state index in [1.807, 2.05) is 72.8 Å². The minimum atomic E-state index is -0.986. The number of ether oxygens (including phenoxy) is 3. The Bertz CT molecular complexity index is 2610. The van der Waals surface area contributed by atoms with Crippen molar-refractivity contribution in [1.82, 2.24) is 40.4 Å². The van der Waals surface area contributed by atoms with Gasteiger partial charge in [0.05, 0.1) is 45.3 Å². The van der Waals surface area contributed by atoms with Gasteiger partial charge in [0, 0.05) is 18.7 Å². The standard InChI is InChI=1S/C48H48N8O8/c1-62-46(59)41-38(51-43(52-41)37-17-11-27-56(37)45(58)40(54-48(61)64-3)33-14-8-5-9-15-33)34-24-20-30(21-25-34)29-18-22-31(23-19-29)35-28-49-42(50-35)36-16-10-26-55(36)44(57)39(53-47(60)63-2)32-12-6-4-7-13-32/h4-9,12-15,18-25,28,36-37,39-40H,10-11,16-17,26-27H2,1-3H3,(H,49,50)(H,51,52)(H,53,60)(H,54,61)/t36-,37?,39+,40+/m0/s1. The number of hydrogen-bond donors (Lipinski definition) is 4. The highest BCUT2D eigenvalue weighted by Gasteiger charge is 2.39. The lowest BCUT2D eigenvalue weighted by molar-refractivity contribution is -0.135. The fourth-order valence-corrected chi connectivity index (χ4v) is 8.50. The third-order valence-corrected chi connectivity index (χ3v) is 11.8. The van der Waals surface area contributed by atoms with Crippen molar-refractivity contribution in [3.63, 3.8) is 0 Å². The summed E-state index contributed by atoms with van der Waals surface area (Å²) >= 11 is 0. The van der Waals surface area contributed by atoms with Crippen LogP contribution in [-0.2, 0) is 23.8 Å². The van der Waals surface area contributed by atoms with Crippen LogP contribution in [0.5, 0.6) is 0 Å². The van der Waals surface area contributed by atoms with Gasteiger partial charge in [-0.15, -0.1) is 0 Å². The smallest absolute Gasteiger partial charge is 0.407 e. The Labute approximate surface area is 369 Å². The van der Waals surface area contributed by atoms with E-state index < -0.39 is 36.3 Å². The molecule has 0 radical (unpaired) electrons. The number of imidazole rings is 2. The van der Waals surface area contributed by atoms with Crippen LogP contribution in [0, 0.1) is 0 Å². The molecule has 2 aliphatic rings. The number of carbonyl (C=O) groups excluding carboxylic acids is 5. The SMILES string of the molecule is COC(=O)N[C@@H](C(=O)N1CCCC1c1nc(-c2ccc(-c3ccc(-c4cnc([C@@H]5CCCN5C(=O)[C@H](NC(=O)OC)c5ccccc5)[nH]4)cc3)cc2)c(C(=O)OC)[nH]1)c1ccccc1. The van der Waals surface area contributed by atoms with Gasteiger partial charge in [-0.1, -0.05) is 109 Å². The minimum absolute atomic E-state index is 0.166. The Hall–Kier alpha value is -7.75. The van der Waals surface area contributed by atoms with Crippen molar-refractivity contribution in [2.75, 3.05) is 34.4 Å². The molecule has 0 aliphatic carbocycles. The molecule has 4 N–H and O–H groups in total. The first kappa shape index (κ1) is 42.9. The summed E-state index contributed by atoms with van der Waals surface area (Å²) < 4.78 is 14.8. The first-order valence-electron chi connectivity index (χ1n) is 21.0. The van der Waals surface area contributed by atoms with E-state index in [-0.39, 0.29) is 23.6 Å². The number of nitrogens with zero attached hydrogens (tertiary/aromatic N) is 4. The third-order valence-electron chi connectivity index (χ3n) is 11.8. The number of H-pyrrole nitrogens is 2. The maximum absolute atomic E-state index is 14.1. The van der Waals surface area contributed by atoms with Crippen molar-refractivity contribution in [2.24, 2.45) is 0 Å². The van der Waals surface area contributed by atoms with Crippen LogP contribution in [0.15, 0.2) is 115 Å². The van der Waals surface area contributed by atoms with Crippen LogP contribution in [0.2, 0.25) is 0 Å². The summed E-state index contributed by atoms with van der Waals surface area (Å²) in [6.07, 6.45) is 3.15. The Morgan fingerprint density at radius 1 is 0.594 bits per heavy atom. The Balaban J connectivity index is 0.980. The van der Waals surface area contributed by atoms with Crippen molar-refractivity contribution in [1.29, 1.82) is 0 Å². The lowest BCUT2D eigenvalue weighted by atomic mass is 10.0. The second kappa shape index (κ2) is 19.1. The summed E-state index contributed by atoms with van der Waals surface area (Å²) in [5, 5.41) is 5.38. The molecular formula is C48H48N8O8. The van der Waals surface area contributed by atoms with Crippen LogP contribution in [0.25, 0.3) is 33.6 Å². The van der Waals surface area contributed by atoms with Crippen LogP contribution >= 0.6 is 0 Å². The predicted octanol–water partition coefficient (Wildman–Crippen LogP) is 7.44. The number of nitrogens with one attached hydrogen (secondary N) is 4. The van der Waals surface area contributed by atoms with Crippen LogP contribution in [0.4, 0.5) is 9.59 Å². The van der Waals surface area contributed by atoms with Crippen molar-refractivity contribution in [2.45, 2.75) is 49.9 Å². The van der Waals surface area contributed by atoms with Gasteiger partial charge in [0.1, 0.15) is 29.4 Å². The lowest BCUT2D eigenvalue weighted by Crippen LogP contribution is -2.42. The van der Waals surface area contributed by atoms with Crippen LogP contribution in [0.1, 0.15) is 83.1 Å². The second-order valence-electron chi connectivity index (χ2n) is 15.5. The van der Waals surface area contributed by atoms with Crippen molar-refractivity contribution >= 4 is 30.0 Å². The Morgan fingerprint density at radius 3 is 1.55 bits per heavy atom.